The lowest BCUT2D eigenvalue weighted by Crippen LogP contribution is -2.18. The second-order valence-corrected chi connectivity index (χ2v) is 7.09. The summed E-state index contributed by atoms with van der Waals surface area (Å²) >= 11 is 0. The minimum Gasteiger partial charge on any atom is -0.491 e. The average Bonchev–Trinajstić information content (AvgIpc) is 2.55. The van der Waals surface area contributed by atoms with Gasteiger partial charge in [0.25, 0.3) is 0 Å². The quantitative estimate of drug-likeness (QED) is 0.689. The molecular formula is C20H30F2O2. The van der Waals surface area contributed by atoms with Crippen LogP contribution >= 0.6 is 0 Å². The minimum atomic E-state index is -0.997. The molecule has 0 spiro atoms. The van der Waals surface area contributed by atoms with E-state index < -0.39 is 17.7 Å². The molecule has 0 aliphatic heterocycles. The molecule has 0 bridgehead atoms. The molecule has 1 N–H and O–H groups in total. The van der Waals surface area contributed by atoms with Crippen LogP contribution in [0.2, 0.25) is 0 Å². The first-order chi connectivity index (χ1) is 11.5. The first-order valence-corrected chi connectivity index (χ1v) is 9.27. The molecule has 136 valence electrons. The molecule has 1 fully saturated rings. The highest BCUT2D eigenvalue weighted by Crippen LogP contribution is 2.38. The van der Waals surface area contributed by atoms with Gasteiger partial charge in [0.1, 0.15) is 0 Å². The Bertz CT molecular complexity index is 537. The summed E-state index contributed by atoms with van der Waals surface area (Å²) in [7, 11) is 0. The molecule has 2 rings (SSSR count). The van der Waals surface area contributed by atoms with Crippen molar-refractivity contribution < 1.29 is 18.6 Å². The molecule has 2 nitrogen and oxygen atoms in total. The molecule has 0 radical (unpaired) electrons. The summed E-state index contributed by atoms with van der Waals surface area (Å²) in [6.07, 6.45) is 6.55. The highest BCUT2D eigenvalue weighted by molar-refractivity contribution is 5.39. The third-order valence-electron chi connectivity index (χ3n) is 5.27. The van der Waals surface area contributed by atoms with Crippen molar-refractivity contribution in [2.75, 3.05) is 6.61 Å². The van der Waals surface area contributed by atoms with Crippen LogP contribution in [0.5, 0.6) is 5.75 Å². The van der Waals surface area contributed by atoms with Gasteiger partial charge in [0.05, 0.1) is 12.7 Å². The fourth-order valence-corrected chi connectivity index (χ4v) is 4.00. The second-order valence-electron chi connectivity index (χ2n) is 7.09. The third kappa shape index (κ3) is 4.47. The molecule has 1 aromatic carbocycles. The van der Waals surface area contributed by atoms with E-state index in [0.29, 0.717) is 17.9 Å². The number of aryl methyl sites for hydroxylation is 1. The van der Waals surface area contributed by atoms with E-state index in [0.717, 1.165) is 18.8 Å². The van der Waals surface area contributed by atoms with E-state index in [1.54, 1.807) is 13.8 Å². The molecule has 0 heterocycles. The predicted molar refractivity (Wildman–Crippen MR) is 92.2 cm³/mol. The summed E-state index contributed by atoms with van der Waals surface area (Å²) in [5, 5.41) is 10.5. The first kappa shape index (κ1) is 19.2. The smallest absolute Gasteiger partial charge is 0.201 e. The molecular weight excluding hydrogens is 310 g/mol. The van der Waals surface area contributed by atoms with Crippen molar-refractivity contribution in [1.82, 2.24) is 0 Å². The van der Waals surface area contributed by atoms with Gasteiger partial charge in [0, 0.05) is 5.56 Å². The van der Waals surface area contributed by atoms with Gasteiger partial charge in [-0.1, -0.05) is 45.4 Å². The number of benzene rings is 1. The molecule has 1 aliphatic rings. The largest absolute Gasteiger partial charge is 0.491 e. The van der Waals surface area contributed by atoms with Crippen LogP contribution in [0.1, 0.15) is 76.0 Å². The van der Waals surface area contributed by atoms with Crippen molar-refractivity contribution in [3.8, 4) is 5.75 Å². The molecule has 4 heteroatoms. The van der Waals surface area contributed by atoms with E-state index in [1.165, 1.54) is 31.7 Å². The first-order valence-electron chi connectivity index (χ1n) is 9.27. The van der Waals surface area contributed by atoms with Crippen molar-refractivity contribution in [2.45, 2.75) is 71.8 Å². The van der Waals surface area contributed by atoms with E-state index in [9.17, 15) is 13.9 Å². The van der Waals surface area contributed by atoms with Crippen LogP contribution in [-0.2, 0) is 0 Å². The molecule has 1 aliphatic carbocycles. The maximum atomic E-state index is 14.4. The van der Waals surface area contributed by atoms with Crippen molar-refractivity contribution in [2.24, 2.45) is 11.8 Å². The summed E-state index contributed by atoms with van der Waals surface area (Å²) in [4.78, 5) is 0. The highest BCUT2D eigenvalue weighted by Gasteiger charge is 2.27. The van der Waals surface area contributed by atoms with Crippen molar-refractivity contribution in [3.63, 3.8) is 0 Å². The van der Waals surface area contributed by atoms with E-state index >= 15 is 0 Å². The van der Waals surface area contributed by atoms with Gasteiger partial charge in [0.2, 0.25) is 5.82 Å². The SMILES string of the molecule is CCCC1CCC(CC(O)c2c(C)cc(OCC)c(F)c2F)CC1. The minimum absolute atomic E-state index is 0.0801. The van der Waals surface area contributed by atoms with E-state index in [2.05, 4.69) is 6.92 Å². The number of rotatable bonds is 7. The van der Waals surface area contributed by atoms with Gasteiger partial charge in [0.15, 0.2) is 11.6 Å². The number of ether oxygens (including phenoxy) is 1. The van der Waals surface area contributed by atoms with Crippen molar-refractivity contribution in [3.05, 3.63) is 28.8 Å². The molecule has 1 unspecified atom stereocenters. The van der Waals surface area contributed by atoms with E-state index in [4.69, 9.17) is 4.74 Å². The molecule has 1 saturated carbocycles. The van der Waals surface area contributed by atoms with Crippen LogP contribution in [0.15, 0.2) is 6.07 Å². The van der Waals surface area contributed by atoms with Crippen LogP contribution in [-0.4, -0.2) is 11.7 Å². The molecule has 0 aromatic heterocycles. The fraction of sp³-hybridized carbons (Fsp3) is 0.700. The van der Waals surface area contributed by atoms with E-state index in [-0.39, 0.29) is 17.9 Å². The Labute approximate surface area is 144 Å². The number of halogens is 2. The topological polar surface area (TPSA) is 29.5 Å². The Morgan fingerprint density at radius 2 is 1.75 bits per heavy atom. The summed E-state index contributed by atoms with van der Waals surface area (Å²) < 4.78 is 33.6. The second kappa shape index (κ2) is 8.80. The maximum Gasteiger partial charge on any atom is 0.201 e. The van der Waals surface area contributed by atoms with Gasteiger partial charge in [-0.15, -0.1) is 0 Å². The van der Waals surface area contributed by atoms with Crippen molar-refractivity contribution in [1.29, 1.82) is 0 Å². The van der Waals surface area contributed by atoms with Gasteiger partial charge in [-0.25, -0.2) is 4.39 Å². The zero-order valence-corrected chi connectivity index (χ0v) is 15.1. The monoisotopic (exact) mass is 340 g/mol. The molecule has 24 heavy (non-hydrogen) atoms. The fourth-order valence-electron chi connectivity index (χ4n) is 4.00. The van der Waals surface area contributed by atoms with Gasteiger partial charge >= 0.3 is 0 Å². The number of aliphatic hydroxyl groups excluding tert-OH is 1. The lowest BCUT2D eigenvalue weighted by atomic mass is 9.77. The third-order valence-corrected chi connectivity index (χ3v) is 5.27. The normalized spacial score (nSPS) is 22.4. The van der Waals surface area contributed by atoms with Gasteiger partial charge in [-0.2, -0.15) is 4.39 Å². The summed E-state index contributed by atoms with van der Waals surface area (Å²) in [5.74, 6) is -0.858. The predicted octanol–water partition coefficient (Wildman–Crippen LogP) is 5.70. The lowest BCUT2D eigenvalue weighted by Gasteiger charge is -2.30. The zero-order chi connectivity index (χ0) is 17.7. The van der Waals surface area contributed by atoms with Crippen LogP contribution in [0, 0.1) is 30.4 Å². The number of aliphatic hydroxyl groups is 1. The van der Waals surface area contributed by atoms with Gasteiger partial charge < -0.3 is 9.84 Å². The Hall–Kier alpha value is -1.16. The van der Waals surface area contributed by atoms with Gasteiger partial charge in [-0.3, -0.25) is 0 Å². The molecule has 0 saturated heterocycles. The standard InChI is InChI=1S/C20H30F2O2/c1-4-6-14-7-9-15(10-8-14)12-16(23)18-13(3)11-17(24-5-2)19(21)20(18)22/h11,14-16,23H,4-10,12H2,1-3H3. The van der Waals surface area contributed by atoms with E-state index in [1.807, 2.05) is 0 Å². The summed E-state index contributed by atoms with van der Waals surface area (Å²) in [6.45, 7) is 5.91. The Kier molecular flexibility index (Phi) is 7.02. The summed E-state index contributed by atoms with van der Waals surface area (Å²) in [6, 6.07) is 1.48. The molecule has 1 atom stereocenters. The number of hydrogen-bond acceptors (Lipinski definition) is 2. The van der Waals surface area contributed by atoms with Crippen LogP contribution in [0.25, 0.3) is 0 Å². The van der Waals surface area contributed by atoms with Crippen LogP contribution in [0.4, 0.5) is 8.78 Å². The van der Waals surface area contributed by atoms with Crippen LogP contribution < -0.4 is 4.74 Å². The Morgan fingerprint density at radius 1 is 1.12 bits per heavy atom. The van der Waals surface area contributed by atoms with Crippen molar-refractivity contribution >= 4 is 0 Å². The van der Waals surface area contributed by atoms with Gasteiger partial charge in [-0.05, 0) is 43.7 Å². The highest BCUT2D eigenvalue weighted by atomic mass is 19.2. The average molecular weight is 340 g/mol. The summed E-state index contributed by atoms with van der Waals surface area (Å²) in [5.41, 5.74) is 0.635. The maximum absolute atomic E-state index is 14.4. The molecule has 0 amide bonds. The molecule has 1 aromatic rings. The lowest BCUT2D eigenvalue weighted by molar-refractivity contribution is 0.117. The van der Waals surface area contributed by atoms with Crippen LogP contribution in [0.3, 0.4) is 0 Å². The Balaban J connectivity index is 2.05. The zero-order valence-electron chi connectivity index (χ0n) is 15.1. The Morgan fingerprint density at radius 3 is 2.33 bits per heavy atom. The number of hydrogen-bond donors (Lipinski definition) is 1.